The summed E-state index contributed by atoms with van der Waals surface area (Å²) in [6, 6.07) is 0. The summed E-state index contributed by atoms with van der Waals surface area (Å²) in [6.45, 7) is 2.92. The number of ether oxygens (including phenoxy) is 1. The highest BCUT2D eigenvalue weighted by Gasteiger charge is 1.94. The molecule has 0 aromatic heterocycles. The summed E-state index contributed by atoms with van der Waals surface area (Å²) < 4.78 is 4.40. The first kappa shape index (κ1) is 9.17. The van der Waals surface area contributed by atoms with Crippen LogP contribution in [0.1, 0.15) is 6.92 Å². The van der Waals surface area contributed by atoms with E-state index in [0.717, 1.165) is 0 Å². The van der Waals surface area contributed by atoms with Gasteiger partial charge in [-0.25, -0.2) is 0 Å². The van der Waals surface area contributed by atoms with Crippen molar-refractivity contribution in [3.05, 3.63) is 12.2 Å². The molecular weight excluding hydrogens is 130 g/mol. The number of allylic oxidation sites excluding steroid dienone is 1. The van der Waals surface area contributed by atoms with Gasteiger partial charge in [-0.2, -0.15) is 0 Å². The van der Waals surface area contributed by atoms with Crippen molar-refractivity contribution in [1.29, 1.82) is 0 Å². The van der Waals surface area contributed by atoms with Crippen molar-refractivity contribution in [2.45, 2.75) is 6.92 Å². The molecule has 0 atom stereocenters. The van der Waals surface area contributed by atoms with Crippen molar-refractivity contribution in [2.24, 2.45) is 0 Å². The first-order valence-corrected chi connectivity index (χ1v) is 3.20. The second-order valence-electron chi connectivity index (χ2n) is 1.78. The van der Waals surface area contributed by atoms with Gasteiger partial charge in [0, 0.05) is 6.54 Å². The van der Waals surface area contributed by atoms with Crippen LogP contribution >= 0.6 is 0 Å². The summed E-state index contributed by atoms with van der Waals surface area (Å²) in [5, 5.41) is 2.88. The number of nitrogens with one attached hydrogen (secondary N) is 1. The molecule has 0 spiro atoms. The third-order valence-corrected chi connectivity index (χ3v) is 0.995. The second kappa shape index (κ2) is 6.29. The summed E-state index contributed by atoms with van der Waals surface area (Å²) >= 11 is 0. The fourth-order valence-electron chi connectivity index (χ4n) is 0.448. The fourth-order valence-corrected chi connectivity index (χ4v) is 0.448. The molecule has 1 N–H and O–H groups in total. The number of carbonyl (C=O) groups is 1. The van der Waals surface area contributed by atoms with Gasteiger partial charge in [0.05, 0.1) is 13.7 Å². The molecule has 0 radical (unpaired) electrons. The highest BCUT2D eigenvalue weighted by molar-refractivity contribution is 5.71. The van der Waals surface area contributed by atoms with Crippen molar-refractivity contribution in [3.8, 4) is 0 Å². The maximum atomic E-state index is 10.5. The molecule has 0 aliphatic carbocycles. The molecule has 0 unspecified atom stereocenters. The number of hydrogen-bond acceptors (Lipinski definition) is 3. The highest BCUT2D eigenvalue weighted by atomic mass is 16.5. The Labute approximate surface area is 61.1 Å². The fraction of sp³-hybridized carbons (Fsp3) is 0.571. The van der Waals surface area contributed by atoms with Gasteiger partial charge in [0.1, 0.15) is 0 Å². The molecule has 0 heterocycles. The minimum absolute atomic E-state index is 0.232. The van der Waals surface area contributed by atoms with Crippen LogP contribution in [0.15, 0.2) is 12.2 Å². The molecule has 0 aliphatic heterocycles. The third kappa shape index (κ3) is 5.31. The zero-order chi connectivity index (χ0) is 7.82. The van der Waals surface area contributed by atoms with E-state index in [1.54, 1.807) is 0 Å². The summed E-state index contributed by atoms with van der Waals surface area (Å²) in [4.78, 5) is 10.5. The molecule has 0 saturated heterocycles. The van der Waals surface area contributed by atoms with Crippen LogP contribution in [0.2, 0.25) is 0 Å². The highest BCUT2D eigenvalue weighted by Crippen LogP contribution is 1.70. The molecular formula is C7H13NO2. The van der Waals surface area contributed by atoms with Gasteiger partial charge in [0.15, 0.2) is 0 Å². The number of rotatable bonds is 4. The largest absolute Gasteiger partial charge is 0.468 e. The van der Waals surface area contributed by atoms with E-state index in [2.05, 4.69) is 10.1 Å². The maximum absolute atomic E-state index is 10.5. The molecule has 10 heavy (non-hydrogen) atoms. The Balaban J connectivity index is 3.11. The van der Waals surface area contributed by atoms with Crippen LogP contribution in [0, 0.1) is 0 Å². The van der Waals surface area contributed by atoms with Crippen LogP contribution in [0.3, 0.4) is 0 Å². The first-order valence-electron chi connectivity index (χ1n) is 3.20. The summed E-state index contributed by atoms with van der Waals surface area (Å²) in [6.07, 6.45) is 3.85. The van der Waals surface area contributed by atoms with Gasteiger partial charge in [-0.1, -0.05) is 12.2 Å². The minimum Gasteiger partial charge on any atom is -0.468 e. The van der Waals surface area contributed by atoms with E-state index in [1.807, 2.05) is 19.1 Å². The summed E-state index contributed by atoms with van der Waals surface area (Å²) in [5.74, 6) is -0.232. The van der Waals surface area contributed by atoms with Gasteiger partial charge in [-0.3, -0.25) is 4.79 Å². The lowest BCUT2D eigenvalue weighted by Gasteiger charge is -1.97. The molecule has 0 bridgehead atoms. The smallest absolute Gasteiger partial charge is 0.319 e. The molecule has 0 saturated carbocycles. The van der Waals surface area contributed by atoms with Gasteiger partial charge in [0.2, 0.25) is 0 Å². The van der Waals surface area contributed by atoms with Crippen molar-refractivity contribution in [1.82, 2.24) is 5.32 Å². The monoisotopic (exact) mass is 143 g/mol. The van der Waals surface area contributed by atoms with E-state index < -0.39 is 0 Å². The van der Waals surface area contributed by atoms with Crippen LogP contribution in [0.5, 0.6) is 0 Å². The van der Waals surface area contributed by atoms with Crippen molar-refractivity contribution < 1.29 is 9.53 Å². The molecule has 0 rings (SSSR count). The van der Waals surface area contributed by atoms with Crippen LogP contribution in [-0.4, -0.2) is 26.2 Å². The van der Waals surface area contributed by atoms with Gasteiger partial charge >= 0.3 is 5.97 Å². The van der Waals surface area contributed by atoms with Gasteiger partial charge in [0.25, 0.3) is 0 Å². The van der Waals surface area contributed by atoms with Crippen LogP contribution < -0.4 is 5.32 Å². The molecule has 58 valence electrons. The molecule has 0 fully saturated rings. The van der Waals surface area contributed by atoms with E-state index in [0.29, 0.717) is 6.54 Å². The molecule has 0 aromatic carbocycles. The standard InChI is InChI=1S/C7H13NO2/c1-3-4-5-8-6-7(9)10-2/h3-4,8H,5-6H2,1-2H3/b4-3+. The van der Waals surface area contributed by atoms with E-state index >= 15 is 0 Å². The van der Waals surface area contributed by atoms with E-state index in [1.165, 1.54) is 7.11 Å². The van der Waals surface area contributed by atoms with Crippen molar-refractivity contribution >= 4 is 5.97 Å². The number of carbonyl (C=O) groups excluding carboxylic acids is 1. The van der Waals surface area contributed by atoms with Crippen LogP contribution in [-0.2, 0) is 9.53 Å². The Kier molecular flexibility index (Phi) is 5.77. The Bertz CT molecular complexity index is 121. The number of hydrogen-bond donors (Lipinski definition) is 1. The van der Waals surface area contributed by atoms with E-state index in [-0.39, 0.29) is 12.5 Å². The Morgan fingerprint density at radius 3 is 2.90 bits per heavy atom. The Hall–Kier alpha value is -0.830. The quantitative estimate of drug-likeness (QED) is 0.350. The van der Waals surface area contributed by atoms with Gasteiger partial charge in [-0.05, 0) is 6.92 Å². The minimum atomic E-state index is -0.232. The lowest BCUT2D eigenvalue weighted by molar-refractivity contribution is -0.139. The predicted octanol–water partition coefficient (Wildman–Crippen LogP) is 0.325. The van der Waals surface area contributed by atoms with Crippen molar-refractivity contribution in [2.75, 3.05) is 20.2 Å². The zero-order valence-corrected chi connectivity index (χ0v) is 6.39. The topological polar surface area (TPSA) is 38.3 Å². The van der Waals surface area contributed by atoms with Gasteiger partial charge in [-0.15, -0.1) is 0 Å². The molecule has 0 amide bonds. The molecule has 0 aliphatic rings. The molecule has 0 aromatic rings. The lowest BCUT2D eigenvalue weighted by atomic mass is 10.5. The first-order chi connectivity index (χ1) is 4.81. The van der Waals surface area contributed by atoms with Crippen LogP contribution in [0.25, 0.3) is 0 Å². The average Bonchev–Trinajstić information content (AvgIpc) is 1.98. The maximum Gasteiger partial charge on any atom is 0.319 e. The van der Waals surface area contributed by atoms with Gasteiger partial charge < -0.3 is 10.1 Å². The van der Waals surface area contributed by atoms with E-state index in [9.17, 15) is 4.79 Å². The Morgan fingerprint density at radius 2 is 2.40 bits per heavy atom. The van der Waals surface area contributed by atoms with E-state index in [4.69, 9.17) is 0 Å². The number of methoxy groups -OCH3 is 1. The average molecular weight is 143 g/mol. The lowest BCUT2D eigenvalue weighted by Crippen LogP contribution is -2.23. The van der Waals surface area contributed by atoms with Crippen molar-refractivity contribution in [3.63, 3.8) is 0 Å². The Morgan fingerprint density at radius 1 is 1.70 bits per heavy atom. The third-order valence-electron chi connectivity index (χ3n) is 0.995. The predicted molar refractivity (Wildman–Crippen MR) is 39.7 cm³/mol. The zero-order valence-electron chi connectivity index (χ0n) is 6.39. The molecule has 3 heteroatoms. The van der Waals surface area contributed by atoms with Crippen LogP contribution in [0.4, 0.5) is 0 Å². The molecule has 3 nitrogen and oxygen atoms in total. The normalized spacial score (nSPS) is 10.2. The number of esters is 1. The SMILES string of the molecule is C/C=C/CNCC(=O)OC. The second-order valence-corrected chi connectivity index (χ2v) is 1.78. The summed E-state index contributed by atoms with van der Waals surface area (Å²) in [5.41, 5.74) is 0. The summed E-state index contributed by atoms with van der Waals surface area (Å²) in [7, 11) is 1.37.